The van der Waals surface area contributed by atoms with Crippen LogP contribution < -0.4 is 0 Å². The average molecular weight is 334 g/mol. The molecule has 1 aliphatic heterocycles. The lowest BCUT2D eigenvalue weighted by Gasteiger charge is -2.34. The topological polar surface area (TPSA) is 23.6 Å². The Balaban J connectivity index is 1.58. The molecule has 6 heteroatoms. The molecule has 0 spiro atoms. The molecule has 0 unspecified atom stereocenters. The lowest BCUT2D eigenvalue weighted by atomic mass is 10.1. The fraction of sp³-hybridized carbons (Fsp3) is 0.278. The van der Waals surface area contributed by atoms with Gasteiger partial charge < -0.3 is 4.90 Å². The molecule has 1 amide bonds. The Hall–Kier alpha value is -2.34. The first-order chi connectivity index (χ1) is 11.5. The first-order valence-electron chi connectivity index (χ1n) is 7.74. The van der Waals surface area contributed by atoms with Crippen molar-refractivity contribution in [3.05, 3.63) is 71.0 Å². The van der Waals surface area contributed by atoms with Gasteiger partial charge in [-0.3, -0.25) is 9.69 Å². The van der Waals surface area contributed by atoms with Gasteiger partial charge in [0.2, 0.25) is 0 Å². The minimum Gasteiger partial charge on any atom is -0.336 e. The van der Waals surface area contributed by atoms with Crippen molar-refractivity contribution in [3.8, 4) is 0 Å². The van der Waals surface area contributed by atoms with E-state index >= 15 is 0 Å². The molecule has 1 saturated heterocycles. The second-order valence-electron chi connectivity index (χ2n) is 5.79. The van der Waals surface area contributed by atoms with Gasteiger partial charge in [-0.2, -0.15) is 0 Å². The van der Waals surface area contributed by atoms with Gasteiger partial charge in [-0.05, 0) is 30.3 Å². The molecule has 0 bridgehead atoms. The van der Waals surface area contributed by atoms with Crippen molar-refractivity contribution in [1.29, 1.82) is 0 Å². The largest absolute Gasteiger partial charge is 0.336 e. The van der Waals surface area contributed by atoms with Crippen molar-refractivity contribution >= 4 is 5.91 Å². The summed E-state index contributed by atoms with van der Waals surface area (Å²) in [6.45, 7) is 2.44. The monoisotopic (exact) mass is 334 g/mol. The van der Waals surface area contributed by atoms with Crippen LogP contribution in [0.4, 0.5) is 13.2 Å². The number of rotatable bonds is 3. The minimum absolute atomic E-state index is 0.147. The van der Waals surface area contributed by atoms with Crippen LogP contribution in [0.5, 0.6) is 0 Å². The number of carbonyl (C=O) groups is 1. The number of benzene rings is 2. The Kier molecular flexibility index (Phi) is 4.85. The van der Waals surface area contributed by atoms with E-state index in [1.807, 2.05) is 4.90 Å². The van der Waals surface area contributed by atoms with Crippen molar-refractivity contribution in [2.45, 2.75) is 6.54 Å². The highest BCUT2D eigenvalue weighted by Crippen LogP contribution is 2.16. The Morgan fingerprint density at radius 1 is 0.917 bits per heavy atom. The molecule has 1 heterocycles. The van der Waals surface area contributed by atoms with E-state index in [2.05, 4.69) is 0 Å². The number of nitrogens with zero attached hydrogens (tertiary/aromatic N) is 2. The van der Waals surface area contributed by atoms with E-state index < -0.39 is 11.6 Å². The summed E-state index contributed by atoms with van der Waals surface area (Å²) in [4.78, 5) is 16.0. The Labute approximate surface area is 138 Å². The molecular formula is C18H17F3N2O. The molecule has 3 rings (SSSR count). The highest BCUT2D eigenvalue weighted by atomic mass is 19.2. The van der Waals surface area contributed by atoms with Gasteiger partial charge >= 0.3 is 0 Å². The maximum atomic E-state index is 13.7. The van der Waals surface area contributed by atoms with Crippen LogP contribution in [0.2, 0.25) is 0 Å². The fourth-order valence-electron chi connectivity index (χ4n) is 2.80. The molecule has 0 radical (unpaired) electrons. The maximum absolute atomic E-state index is 13.7. The molecule has 24 heavy (non-hydrogen) atoms. The van der Waals surface area contributed by atoms with E-state index in [1.54, 1.807) is 11.0 Å². The third kappa shape index (κ3) is 3.59. The van der Waals surface area contributed by atoms with Crippen LogP contribution in [0.25, 0.3) is 0 Å². The summed E-state index contributed by atoms with van der Waals surface area (Å²) in [5, 5.41) is 0. The van der Waals surface area contributed by atoms with Crippen molar-refractivity contribution < 1.29 is 18.0 Å². The lowest BCUT2D eigenvalue weighted by Crippen LogP contribution is -2.48. The van der Waals surface area contributed by atoms with Crippen molar-refractivity contribution in [1.82, 2.24) is 9.80 Å². The molecule has 3 nitrogen and oxygen atoms in total. The SMILES string of the molecule is O=C(c1ccc(F)cc1)N1CCN(Cc2cccc(F)c2F)CC1. The Morgan fingerprint density at radius 3 is 2.25 bits per heavy atom. The van der Waals surface area contributed by atoms with E-state index in [-0.39, 0.29) is 11.7 Å². The third-order valence-corrected chi connectivity index (χ3v) is 4.18. The van der Waals surface area contributed by atoms with Crippen LogP contribution >= 0.6 is 0 Å². The lowest BCUT2D eigenvalue weighted by molar-refractivity contribution is 0.0627. The summed E-state index contributed by atoms with van der Waals surface area (Å²) >= 11 is 0. The maximum Gasteiger partial charge on any atom is 0.253 e. The van der Waals surface area contributed by atoms with Crippen LogP contribution in [-0.2, 0) is 6.54 Å². The Morgan fingerprint density at radius 2 is 1.58 bits per heavy atom. The molecule has 2 aromatic carbocycles. The smallest absolute Gasteiger partial charge is 0.253 e. The Bertz CT molecular complexity index is 726. The molecule has 1 fully saturated rings. The molecule has 126 valence electrons. The minimum atomic E-state index is -0.849. The molecule has 0 aliphatic carbocycles. The zero-order valence-electron chi connectivity index (χ0n) is 13.0. The fourth-order valence-corrected chi connectivity index (χ4v) is 2.80. The molecule has 0 atom stereocenters. The van der Waals surface area contributed by atoms with E-state index in [4.69, 9.17) is 0 Å². The number of carbonyl (C=O) groups excluding carboxylic acids is 1. The highest BCUT2D eigenvalue weighted by molar-refractivity contribution is 5.94. The molecule has 0 saturated carbocycles. The van der Waals surface area contributed by atoms with Crippen molar-refractivity contribution in [3.63, 3.8) is 0 Å². The highest BCUT2D eigenvalue weighted by Gasteiger charge is 2.23. The summed E-state index contributed by atoms with van der Waals surface area (Å²) in [6.07, 6.45) is 0. The van der Waals surface area contributed by atoms with E-state index in [0.29, 0.717) is 43.9 Å². The number of hydrogen-bond acceptors (Lipinski definition) is 2. The summed E-state index contributed by atoms with van der Waals surface area (Å²) < 4.78 is 39.9. The molecule has 2 aromatic rings. The predicted octanol–water partition coefficient (Wildman–Crippen LogP) is 3.06. The van der Waals surface area contributed by atoms with Crippen LogP contribution in [0.1, 0.15) is 15.9 Å². The summed E-state index contributed by atoms with van der Waals surface area (Å²) in [5.41, 5.74) is 0.759. The summed E-state index contributed by atoms with van der Waals surface area (Å²) in [6, 6.07) is 9.60. The van der Waals surface area contributed by atoms with Gasteiger partial charge in [0.1, 0.15) is 5.82 Å². The van der Waals surface area contributed by atoms with Gasteiger partial charge in [0.25, 0.3) is 5.91 Å². The van der Waals surface area contributed by atoms with Gasteiger partial charge in [0.15, 0.2) is 11.6 Å². The first kappa shape index (κ1) is 16.5. The van der Waals surface area contributed by atoms with Crippen LogP contribution in [0.15, 0.2) is 42.5 Å². The quantitative estimate of drug-likeness (QED) is 0.861. The van der Waals surface area contributed by atoms with Crippen LogP contribution in [0.3, 0.4) is 0 Å². The van der Waals surface area contributed by atoms with Gasteiger partial charge in [0, 0.05) is 43.9 Å². The van der Waals surface area contributed by atoms with Gasteiger partial charge in [-0.15, -0.1) is 0 Å². The van der Waals surface area contributed by atoms with Gasteiger partial charge in [0.05, 0.1) is 0 Å². The first-order valence-corrected chi connectivity index (χ1v) is 7.74. The average Bonchev–Trinajstić information content (AvgIpc) is 2.60. The molecule has 0 aromatic heterocycles. The molecule has 0 N–H and O–H groups in total. The number of hydrogen-bond donors (Lipinski definition) is 0. The summed E-state index contributed by atoms with van der Waals surface area (Å²) in [5.74, 6) is -2.19. The van der Waals surface area contributed by atoms with Crippen LogP contribution in [0, 0.1) is 17.5 Å². The summed E-state index contributed by atoms with van der Waals surface area (Å²) in [7, 11) is 0. The van der Waals surface area contributed by atoms with E-state index in [0.717, 1.165) is 6.07 Å². The normalized spacial score (nSPS) is 15.5. The standard InChI is InChI=1S/C18H17F3N2O/c19-15-6-4-13(5-7-15)18(24)23-10-8-22(9-11-23)12-14-2-1-3-16(20)17(14)21/h1-7H,8-12H2. The van der Waals surface area contributed by atoms with Crippen molar-refractivity contribution in [2.24, 2.45) is 0 Å². The van der Waals surface area contributed by atoms with Gasteiger partial charge in [-0.1, -0.05) is 12.1 Å². The third-order valence-electron chi connectivity index (χ3n) is 4.18. The van der Waals surface area contributed by atoms with Crippen molar-refractivity contribution in [2.75, 3.05) is 26.2 Å². The van der Waals surface area contributed by atoms with Crippen LogP contribution in [-0.4, -0.2) is 41.9 Å². The number of halogens is 3. The van der Waals surface area contributed by atoms with Gasteiger partial charge in [-0.25, -0.2) is 13.2 Å². The zero-order chi connectivity index (χ0) is 17.1. The van der Waals surface area contributed by atoms with E-state index in [1.165, 1.54) is 30.3 Å². The van der Waals surface area contributed by atoms with E-state index in [9.17, 15) is 18.0 Å². The zero-order valence-corrected chi connectivity index (χ0v) is 13.0. The second kappa shape index (κ2) is 7.05. The predicted molar refractivity (Wildman–Crippen MR) is 83.9 cm³/mol. The number of piperazine rings is 1. The molecule has 1 aliphatic rings. The molecular weight excluding hydrogens is 317 g/mol. The second-order valence-corrected chi connectivity index (χ2v) is 5.79. The number of amides is 1.